The highest BCUT2D eigenvalue weighted by Gasteiger charge is 2.27. The molecule has 0 atom stereocenters. The van der Waals surface area contributed by atoms with Crippen LogP contribution in [0, 0.1) is 0 Å². The Kier molecular flexibility index (Phi) is 9.97. The molecule has 7 heteroatoms. The molecule has 3 aromatic rings. The molecule has 1 aliphatic rings. The third kappa shape index (κ3) is 7.57. The van der Waals surface area contributed by atoms with Crippen molar-refractivity contribution in [3.8, 4) is 5.75 Å². The summed E-state index contributed by atoms with van der Waals surface area (Å²) in [4.78, 5) is 25.7. The highest BCUT2D eigenvalue weighted by atomic mass is 16.5. The Morgan fingerprint density at radius 1 is 0.703 bits per heavy atom. The van der Waals surface area contributed by atoms with Crippen LogP contribution >= 0.6 is 0 Å². The molecule has 194 valence electrons. The zero-order valence-electron chi connectivity index (χ0n) is 21.2. The molecule has 0 saturated heterocycles. The normalized spacial score (nSPS) is 13.1. The maximum absolute atomic E-state index is 13.0. The largest absolute Gasteiger partial charge is 0.453 e. The summed E-state index contributed by atoms with van der Waals surface area (Å²) in [5.74, 6) is 0.0898. The van der Waals surface area contributed by atoms with Crippen LogP contribution in [0.5, 0.6) is 5.75 Å². The summed E-state index contributed by atoms with van der Waals surface area (Å²) in [5, 5.41) is 12.1. The van der Waals surface area contributed by atoms with E-state index in [0.717, 1.165) is 81.4 Å². The number of hydrogen-bond acceptors (Lipinski definition) is 7. The first-order valence-electron chi connectivity index (χ1n) is 13.1. The van der Waals surface area contributed by atoms with Crippen molar-refractivity contribution in [3.63, 3.8) is 0 Å². The second kappa shape index (κ2) is 13.8. The molecular formula is C30H36N4O3. The minimum atomic E-state index is -0.275. The van der Waals surface area contributed by atoms with Gasteiger partial charge in [0.25, 0.3) is 0 Å². The highest BCUT2D eigenvalue weighted by Crippen LogP contribution is 2.28. The van der Waals surface area contributed by atoms with Gasteiger partial charge >= 0.3 is 0 Å². The molecule has 0 aliphatic heterocycles. The van der Waals surface area contributed by atoms with Crippen molar-refractivity contribution in [1.82, 2.24) is 16.0 Å². The van der Waals surface area contributed by atoms with Crippen molar-refractivity contribution in [1.29, 1.82) is 0 Å². The SMILES string of the molecule is NCCCNCCCNCCCNCc1ccc(OC2=CC(=O)c3cc4ccccc4cc3C2=O)cc1. The van der Waals surface area contributed by atoms with E-state index in [1.807, 2.05) is 48.5 Å². The number of fused-ring (bicyclic) bond motifs is 2. The van der Waals surface area contributed by atoms with E-state index in [9.17, 15) is 9.59 Å². The van der Waals surface area contributed by atoms with E-state index in [2.05, 4.69) is 16.0 Å². The van der Waals surface area contributed by atoms with Crippen molar-refractivity contribution in [2.24, 2.45) is 5.73 Å². The standard InChI is InChI=1S/C30H36N4O3/c31-12-3-13-32-14-4-15-33-16-5-17-34-21-22-8-10-25(11-9-22)37-29-20-28(35)26-18-23-6-1-2-7-24(23)19-27(26)30(29)36/h1-2,6-11,18-20,32-34H,3-5,12-17,21,31H2. The van der Waals surface area contributed by atoms with Crippen LogP contribution in [0.15, 0.2) is 72.5 Å². The molecule has 0 radical (unpaired) electrons. The van der Waals surface area contributed by atoms with Gasteiger partial charge in [-0.15, -0.1) is 0 Å². The van der Waals surface area contributed by atoms with E-state index in [4.69, 9.17) is 10.5 Å². The molecule has 1 aliphatic carbocycles. The first-order chi connectivity index (χ1) is 18.2. The van der Waals surface area contributed by atoms with E-state index >= 15 is 0 Å². The first-order valence-corrected chi connectivity index (χ1v) is 13.1. The monoisotopic (exact) mass is 500 g/mol. The number of ether oxygens (including phenoxy) is 1. The van der Waals surface area contributed by atoms with E-state index < -0.39 is 0 Å². The fourth-order valence-corrected chi connectivity index (χ4v) is 4.29. The molecule has 0 unspecified atom stereocenters. The predicted molar refractivity (Wildman–Crippen MR) is 148 cm³/mol. The number of hydrogen-bond donors (Lipinski definition) is 4. The zero-order valence-corrected chi connectivity index (χ0v) is 21.2. The van der Waals surface area contributed by atoms with Crippen molar-refractivity contribution in [2.75, 3.05) is 39.3 Å². The summed E-state index contributed by atoms with van der Waals surface area (Å²) in [6.45, 7) is 6.45. The number of Topliss-reactive ketones (excluding diaryl/α,β-unsaturated/α-hetero) is 1. The molecular weight excluding hydrogens is 464 g/mol. The minimum absolute atomic E-state index is 0.0532. The molecule has 0 saturated carbocycles. The lowest BCUT2D eigenvalue weighted by molar-refractivity contribution is 0.0947. The van der Waals surface area contributed by atoms with Gasteiger partial charge in [0.1, 0.15) is 5.75 Å². The molecule has 0 aromatic heterocycles. The van der Waals surface area contributed by atoms with Gasteiger partial charge in [0.15, 0.2) is 11.5 Å². The van der Waals surface area contributed by atoms with Crippen LogP contribution < -0.4 is 26.4 Å². The molecule has 0 fully saturated rings. The van der Waals surface area contributed by atoms with Gasteiger partial charge in [0.2, 0.25) is 5.78 Å². The molecule has 3 aromatic carbocycles. The number of rotatable bonds is 15. The van der Waals surface area contributed by atoms with Gasteiger partial charge in [-0.25, -0.2) is 0 Å². The summed E-state index contributed by atoms with van der Waals surface area (Å²) in [5.41, 5.74) is 7.40. The van der Waals surface area contributed by atoms with Gasteiger partial charge < -0.3 is 26.4 Å². The molecule has 4 rings (SSSR count). The van der Waals surface area contributed by atoms with Crippen LogP contribution in [-0.2, 0) is 6.54 Å². The third-order valence-electron chi connectivity index (χ3n) is 6.33. The smallest absolute Gasteiger partial charge is 0.229 e. The highest BCUT2D eigenvalue weighted by molar-refractivity contribution is 6.25. The fraction of sp³-hybridized carbons (Fsp3) is 0.333. The second-order valence-corrected chi connectivity index (χ2v) is 9.22. The number of benzene rings is 3. The van der Waals surface area contributed by atoms with Crippen LogP contribution in [0.1, 0.15) is 45.5 Å². The Balaban J connectivity index is 1.18. The Bertz CT molecular complexity index is 1240. The summed E-state index contributed by atoms with van der Waals surface area (Å²) in [7, 11) is 0. The number of allylic oxidation sites excluding steroid dienone is 2. The van der Waals surface area contributed by atoms with Crippen LogP contribution in [0.2, 0.25) is 0 Å². The molecule has 5 N–H and O–H groups in total. The Hall–Kier alpha value is -3.36. The molecule has 0 bridgehead atoms. The van der Waals surface area contributed by atoms with Gasteiger partial charge in [-0.2, -0.15) is 0 Å². The van der Waals surface area contributed by atoms with Gasteiger partial charge in [-0.3, -0.25) is 9.59 Å². The van der Waals surface area contributed by atoms with E-state index in [1.165, 1.54) is 6.08 Å². The number of nitrogens with one attached hydrogen (secondary N) is 3. The third-order valence-corrected chi connectivity index (χ3v) is 6.33. The van der Waals surface area contributed by atoms with Crippen molar-refractivity contribution < 1.29 is 14.3 Å². The van der Waals surface area contributed by atoms with Gasteiger partial charge in [0.05, 0.1) is 0 Å². The molecule has 0 amide bonds. The minimum Gasteiger partial charge on any atom is -0.453 e. The summed E-state index contributed by atoms with van der Waals surface area (Å²) in [6, 6.07) is 18.8. The molecule has 0 heterocycles. The zero-order chi connectivity index (χ0) is 25.9. The lowest BCUT2D eigenvalue weighted by atomic mass is 9.90. The summed E-state index contributed by atoms with van der Waals surface area (Å²) in [6.07, 6.45) is 4.50. The molecule has 37 heavy (non-hydrogen) atoms. The Morgan fingerprint density at radius 2 is 1.30 bits per heavy atom. The quantitative estimate of drug-likeness (QED) is 0.236. The lowest BCUT2D eigenvalue weighted by Gasteiger charge is -2.17. The summed E-state index contributed by atoms with van der Waals surface area (Å²) < 4.78 is 5.83. The number of carbonyl (C=O) groups is 2. The van der Waals surface area contributed by atoms with Crippen LogP contribution in [0.4, 0.5) is 0 Å². The predicted octanol–water partition coefficient (Wildman–Crippen LogP) is 3.58. The van der Waals surface area contributed by atoms with E-state index in [0.29, 0.717) is 16.9 Å². The van der Waals surface area contributed by atoms with Crippen LogP contribution in [-0.4, -0.2) is 50.8 Å². The average Bonchev–Trinajstić information content (AvgIpc) is 2.92. The fourth-order valence-electron chi connectivity index (χ4n) is 4.29. The van der Waals surface area contributed by atoms with Gasteiger partial charge in [0, 0.05) is 23.7 Å². The van der Waals surface area contributed by atoms with E-state index in [-0.39, 0.29) is 17.3 Å². The number of carbonyl (C=O) groups excluding carboxylic acids is 2. The first kappa shape index (κ1) is 26.7. The molecule has 7 nitrogen and oxygen atoms in total. The summed E-state index contributed by atoms with van der Waals surface area (Å²) >= 11 is 0. The second-order valence-electron chi connectivity index (χ2n) is 9.22. The maximum atomic E-state index is 13.0. The van der Waals surface area contributed by atoms with Crippen molar-refractivity contribution in [2.45, 2.75) is 25.8 Å². The van der Waals surface area contributed by atoms with Gasteiger partial charge in [-0.05, 0) is 99.1 Å². The lowest BCUT2D eigenvalue weighted by Crippen LogP contribution is -2.26. The number of nitrogens with two attached hydrogens (primary N) is 1. The Labute approximate surface area is 218 Å². The van der Waals surface area contributed by atoms with E-state index in [1.54, 1.807) is 12.1 Å². The van der Waals surface area contributed by atoms with Crippen molar-refractivity contribution >= 4 is 22.3 Å². The number of ketones is 2. The van der Waals surface area contributed by atoms with Crippen LogP contribution in [0.3, 0.4) is 0 Å². The van der Waals surface area contributed by atoms with Crippen molar-refractivity contribution in [3.05, 3.63) is 89.2 Å². The average molecular weight is 501 g/mol. The van der Waals surface area contributed by atoms with Gasteiger partial charge in [-0.1, -0.05) is 36.4 Å². The topological polar surface area (TPSA) is 105 Å². The van der Waals surface area contributed by atoms with Crippen LogP contribution in [0.25, 0.3) is 10.8 Å². The Morgan fingerprint density at radius 3 is 1.95 bits per heavy atom. The maximum Gasteiger partial charge on any atom is 0.229 e. The molecule has 0 spiro atoms.